The van der Waals surface area contributed by atoms with Crippen LogP contribution in [0.1, 0.15) is 11.3 Å². The molecule has 6 nitrogen and oxygen atoms in total. The number of pyridine rings is 1. The molecule has 0 saturated carbocycles. The van der Waals surface area contributed by atoms with Crippen molar-refractivity contribution in [1.82, 2.24) is 24.6 Å². The van der Waals surface area contributed by atoms with E-state index in [4.69, 9.17) is 0 Å². The summed E-state index contributed by atoms with van der Waals surface area (Å²) in [5.74, 6) is 0.656. The van der Waals surface area contributed by atoms with E-state index in [2.05, 4.69) is 25.4 Å². The third-order valence-electron chi connectivity index (χ3n) is 2.79. The molecule has 92 valence electrons. The van der Waals surface area contributed by atoms with Crippen LogP contribution >= 0.6 is 0 Å². The first kappa shape index (κ1) is 10.8. The molecule has 0 fully saturated rings. The van der Waals surface area contributed by atoms with E-state index in [1.807, 2.05) is 31.5 Å². The molecule has 0 amide bonds. The van der Waals surface area contributed by atoms with E-state index in [1.165, 1.54) is 0 Å². The third-order valence-corrected chi connectivity index (χ3v) is 2.79. The fourth-order valence-electron chi connectivity index (χ4n) is 1.84. The first-order valence-electron chi connectivity index (χ1n) is 5.86. The summed E-state index contributed by atoms with van der Waals surface area (Å²) < 4.78 is 1.79. The number of H-pyrrole nitrogens is 1. The summed E-state index contributed by atoms with van der Waals surface area (Å²) >= 11 is 0. The van der Waals surface area contributed by atoms with E-state index in [9.17, 15) is 0 Å². The minimum Gasteiger partial charge on any atom is -0.353 e. The van der Waals surface area contributed by atoms with E-state index >= 15 is 0 Å². The van der Waals surface area contributed by atoms with Crippen molar-refractivity contribution in [3.05, 3.63) is 42.1 Å². The van der Waals surface area contributed by atoms with Crippen LogP contribution in [0.4, 0.5) is 5.95 Å². The molecule has 0 unspecified atom stereocenters. The molecular formula is C12H14N6. The number of hydrogen-bond acceptors (Lipinski definition) is 4. The minimum atomic E-state index is 0.656. The molecule has 0 spiro atoms. The number of anilines is 1. The number of hydrogen-bond donors (Lipinski definition) is 2. The lowest BCUT2D eigenvalue weighted by molar-refractivity contribution is 0.924. The highest BCUT2D eigenvalue weighted by molar-refractivity contribution is 5.49. The Kier molecular flexibility index (Phi) is 2.68. The Morgan fingerprint density at radius 1 is 1.44 bits per heavy atom. The molecule has 0 radical (unpaired) electrons. The number of aryl methyl sites for hydroxylation is 1. The van der Waals surface area contributed by atoms with E-state index < -0.39 is 0 Å². The van der Waals surface area contributed by atoms with Crippen LogP contribution in [-0.2, 0) is 6.42 Å². The molecule has 0 saturated heterocycles. The van der Waals surface area contributed by atoms with Crippen LogP contribution in [0.5, 0.6) is 0 Å². The number of imidazole rings is 1. The van der Waals surface area contributed by atoms with Crippen LogP contribution in [0.15, 0.2) is 30.9 Å². The zero-order valence-corrected chi connectivity index (χ0v) is 10.1. The highest BCUT2D eigenvalue weighted by Gasteiger charge is 2.04. The summed E-state index contributed by atoms with van der Waals surface area (Å²) in [6.45, 7) is 2.80. The molecule has 0 aliphatic rings. The third kappa shape index (κ3) is 2.04. The normalized spacial score (nSPS) is 10.9. The van der Waals surface area contributed by atoms with Gasteiger partial charge in [-0.2, -0.15) is 4.98 Å². The van der Waals surface area contributed by atoms with Crippen molar-refractivity contribution in [3.63, 3.8) is 0 Å². The minimum absolute atomic E-state index is 0.656. The zero-order chi connectivity index (χ0) is 12.4. The van der Waals surface area contributed by atoms with Gasteiger partial charge in [0.25, 0.3) is 0 Å². The van der Waals surface area contributed by atoms with Crippen molar-refractivity contribution >= 4 is 11.6 Å². The van der Waals surface area contributed by atoms with Crippen molar-refractivity contribution in [1.29, 1.82) is 0 Å². The first-order chi connectivity index (χ1) is 8.83. The monoisotopic (exact) mass is 242 g/mol. The number of aromatic nitrogens is 5. The van der Waals surface area contributed by atoms with Crippen LogP contribution in [-0.4, -0.2) is 31.1 Å². The van der Waals surface area contributed by atoms with Gasteiger partial charge in [0, 0.05) is 31.1 Å². The van der Waals surface area contributed by atoms with Crippen LogP contribution in [0.3, 0.4) is 0 Å². The molecule has 3 heterocycles. The van der Waals surface area contributed by atoms with Gasteiger partial charge in [0.15, 0.2) is 5.65 Å². The average Bonchev–Trinajstić information content (AvgIpc) is 2.98. The Labute approximate surface area is 104 Å². The smallest absolute Gasteiger partial charge is 0.243 e. The van der Waals surface area contributed by atoms with Crippen LogP contribution in [0.25, 0.3) is 5.65 Å². The summed E-state index contributed by atoms with van der Waals surface area (Å²) in [6.07, 6.45) is 6.27. The van der Waals surface area contributed by atoms with Gasteiger partial charge in [-0.1, -0.05) is 6.07 Å². The van der Waals surface area contributed by atoms with Crippen LogP contribution in [0, 0.1) is 6.92 Å². The lowest BCUT2D eigenvalue weighted by Crippen LogP contribution is -2.06. The van der Waals surface area contributed by atoms with Crippen molar-refractivity contribution < 1.29 is 0 Å². The fraction of sp³-hybridized carbons (Fsp3) is 0.250. The Balaban J connectivity index is 1.69. The van der Waals surface area contributed by atoms with Gasteiger partial charge < -0.3 is 10.3 Å². The predicted molar refractivity (Wildman–Crippen MR) is 68.5 cm³/mol. The molecule has 0 aromatic carbocycles. The highest BCUT2D eigenvalue weighted by Crippen LogP contribution is 2.09. The second-order valence-corrected chi connectivity index (χ2v) is 4.15. The second-order valence-electron chi connectivity index (χ2n) is 4.15. The topological polar surface area (TPSA) is 70.9 Å². The Morgan fingerprint density at radius 3 is 3.17 bits per heavy atom. The molecule has 0 aliphatic heterocycles. The molecule has 3 rings (SSSR count). The number of rotatable bonds is 4. The van der Waals surface area contributed by atoms with E-state index in [0.717, 1.165) is 29.9 Å². The number of fused-ring (bicyclic) bond motifs is 1. The quantitative estimate of drug-likeness (QED) is 0.725. The van der Waals surface area contributed by atoms with Gasteiger partial charge in [-0.25, -0.2) is 9.50 Å². The van der Waals surface area contributed by atoms with Gasteiger partial charge in [0.1, 0.15) is 0 Å². The number of nitrogens with zero attached hydrogens (tertiary/aromatic N) is 4. The SMILES string of the molecule is Cc1cccn2nc(NCCc3cnc[nH]3)nc12. The zero-order valence-electron chi connectivity index (χ0n) is 10.1. The maximum atomic E-state index is 4.45. The van der Waals surface area contributed by atoms with Gasteiger partial charge in [-0.15, -0.1) is 5.10 Å². The molecular weight excluding hydrogens is 228 g/mol. The molecule has 3 aromatic rings. The summed E-state index contributed by atoms with van der Waals surface area (Å²) in [5.41, 5.74) is 3.11. The summed E-state index contributed by atoms with van der Waals surface area (Å²) in [4.78, 5) is 11.5. The highest BCUT2D eigenvalue weighted by atomic mass is 15.3. The fourth-order valence-corrected chi connectivity index (χ4v) is 1.84. The standard InChI is InChI=1S/C12H14N6/c1-9-3-2-6-18-11(9)16-12(17-18)14-5-4-10-7-13-8-15-10/h2-3,6-8H,4-5H2,1H3,(H,13,15)(H,14,17). The summed E-state index contributed by atoms with van der Waals surface area (Å²) in [6, 6.07) is 3.99. The van der Waals surface area contributed by atoms with Gasteiger partial charge in [0.2, 0.25) is 5.95 Å². The maximum Gasteiger partial charge on any atom is 0.243 e. The largest absolute Gasteiger partial charge is 0.353 e. The van der Waals surface area contributed by atoms with Crippen molar-refractivity contribution in [2.24, 2.45) is 0 Å². The molecule has 0 aliphatic carbocycles. The Morgan fingerprint density at radius 2 is 2.39 bits per heavy atom. The second kappa shape index (κ2) is 4.48. The van der Waals surface area contributed by atoms with Gasteiger partial charge in [0.05, 0.1) is 6.33 Å². The van der Waals surface area contributed by atoms with Crippen molar-refractivity contribution in [2.75, 3.05) is 11.9 Å². The lowest BCUT2D eigenvalue weighted by Gasteiger charge is -1.98. The maximum absolute atomic E-state index is 4.45. The van der Waals surface area contributed by atoms with E-state index in [0.29, 0.717) is 5.95 Å². The molecule has 6 heteroatoms. The van der Waals surface area contributed by atoms with Crippen LogP contribution < -0.4 is 5.32 Å². The van der Waals surface area contributed by atoms with Crippen LogP contribution in [0.2, 0.25) is 0 Å². The average molecular weight is 242 g/mol. The molecule has 18 heavy (non-hydrogen) atoms. The molecule has 0 bridgehead atoms. The summed E-state index contributed by atoms with van der Waals surface area (Å²) in [5, 5.41) is 7.57. The summed E-state index contributed by atoms with van der Waals surface area (Å²) in [7, 11) is 0. The molecule has 3 aromatic heterocycles. The van der Waals surface area contributed by atoms with Gasteiger partial charge in [-0.3, -0.25) is 0 Å². The lowest BCUT2D eigenvalue weighted by atomic mass is 10.3. The van der Waals surface area contributed by atoms with E-state index in [-0.39, 0.29) is 0 Å². The number of nitrogens with one attached hydrogen (secondary N) is 2. The predicted octanol–water partition coefficient (Wildman–Crippen LogP) is 1.42. The van der Waals surface area contributed by atoms with E-state index in [1.54, 1.807) is 10.8 Å². The van der Waals surface area contributed by atoms with Gasteiger partial charge in [-0.05, 0) is 18.6 Å². The number of aromatic amines is 1. The van der Waals surface area contributed by atoms with Gasteiger partial charge >= 0.3 is 0 Å². The Bertz CT molecular complexity index is 640. The molecule has 0 atom stereocenters. The Hall–Kier alpha value is -2.37. The molecule has 2 N–H and O–H groups in total. The first-order valence-corrected chi connectivity index (χ1v) is 5.86. The van der Waals surface area contributed by atoms with Crippen molar-refractivity contribution in [2.45, 2.75) is 13.3 Å². The van der Waals surface area contributed by atoms with Crippen molar-refractivity contribution in [3.8, 4) is 0 Å².